The van der Waals surface area contributed by atoms with Crippen LogP contribution < -0.4 is 0 Å². The fourth-order valence-electron chi connectivity index (χ4n) is 1.16. The van der Waals surface area contributed by atoms with Gasteiger partial charge in [-0.3, -0.25) is 9.59 Å². The highest BCUT2D eigenvalue weighted by Crippen LogP contribution is 2.19. The average Bonchev–Trinajstić information content (AvgIpc) is 2.45. The fourth-order valence-corrected chi connectivity index (χ4v) is 1.16. The molecule has 82 valence electrons. The Morgan fingerprint density at radius 3 is 2.73 bits per heavy atom. The van der Waals surface area contributed by atoms with Gasteiger partial charge in [0.05, 0.1) is 18.9 Å². The number of esters is 3. The van der Waals surface area contributed by atoms with Gasteiger partial charge in [0.2, 0.25) is 0 Å². The van der Waals surface area contributed by atoms with E-state index < -0.39 is 23.8 Å². The van der Waals surface area contributed by atoms with Crippen LogP contribution in [0.5, 0.6) is 0 Å². The van der Waals surface area contributed by atoms with Gasteiger partial charge >= 0.3 is 17.9 Å². The summed E-state index contributed by atoms with van der Waals surface area (Å²) in [5.74, 6) is -2.02. The SMILES string of the molecule is C=C(C)C(=O)OCCC1CC(=O)OC1=O. The van der Waals surface area contributed by atoms with Crippen molar-refractivity contribution in [1.82, 2.24) is 0 Å². The minimum Gasteiger partial charge on any atom is -0.462 e. The molecule has 0 amide bonds. The predicted molar refractivity (Wildman–Crippen MR) is 49.6 cm³/mol. The molecule has 1 atom stereocenters. The van der Waals surface area contributed by atoms with E-state index in [0.29, 0.717) is 12.0 Å². The summed E-state index contributed by atoms with van der Waals surface area (Å²) >= 11 is 0. The van der Waals surface area contributed by atoms with Gasteiger partial charge in [-0.25, -0.2) is 4.79 Å². The zero-order chi connectivity index (χ0) is 11.4. The van der Waals surface area contributed by atoms with Crippen LogP contribution in [-0.2, 0) is 23.9 Å². The maximum Gasteiger partial charge on any atom is 0.333 e. The van der Waals surface area contributed by atoms with Crippen molar-refractivity contribution in [1.29, 1.82) is 0 Å². The molecule has 1 aliphatic rings. The van der Waals surface area contributed by atoms with Crippen LogP contribution in [0.2, 0.25) is 0 Å². The third kappa shape index (κ3) is 3.19. The molecule has 0 radical (unpaired) electrons. The van der Waals surface area contributed by atoms with Crippen molar-refractivity contribution in [3.63, 3.8) is 0 Å². The van der Waals surface area contributed by atoms with E-state index in [1.165, 1.54) is 6.92 Å². The zero-order valence-electron chi connectivity index (χ0n) is 8.45. The van der Waals surface area contributed by atoms with Gasteiger partial charge in [-0.2, -0.15) is 0 Å². The maximum atomic E-state index is 11.0. The highest BCUT2D eigenvalue weighted by atomic mass is 16.6. The molecule has 1 unspecified atom stereocenters. The van der Waals surface area contributed by atoms with E-state index in [0.717, 1.165) is 0 Å². The Kier molecular flexibility index (Phi) is 3.60. The second-order valence-electron chi connectivity index (χ2n) is 3.40. The molecule has 0 spiro atoms. The van der Waals surface area contributed by atoms with Crippen molar-refractivity contribution in [2.24, 2.45) is 5.92 Å². The molecular weight excluding hydrogens is 200 g/mol. The Morgan fingerprint density at radius 1 is 1.60 bits per heavy atom. The molecule has 0 N–H and O–H groups in total. The van der Waals surface area contributed by atoms with Gasteiger partial charge in [0.25, 0.3) is 0 Å². The normalized spacial score (nSPS) is 19.9. The molecule has 1 rings (SSSR count). The fraction of sp³-hybridized carbons (Fsp3) is 0.500. The Bertz CT molecular complexity index is 318. The van der Waals surface area contributed by atoms with E-state index in [9.17, 15) is 14.4 Å². The first-order chi connectivity index (χ1) is 7.00. The largest absolute Gasteiger partial charge is 0.462 e. The van der Waals surface area contributed by atoms with E-state index in [1.54, 1.807) is 0 Å². The number of carbonyl (C=O) groups excluding carboxylic acids is 3. The summed E-state index contributed by atoms with van der Waals surface area (Å²) < 4.78 is 9.13. The van der Waals surface area contributed by atoms with Crippen molar-refractivity contribution in [3.05, 3.63) is 12.2 Å². The van der Waals surface area contributed by atoms with Crippen LogP contribution in [0, 0.1) is 5.92 Å². The molecule has 0 aromatic rings. The van der Waals surface area contributed by atoms with Crippen molar-refractivity contribution < 1.29 is 23.9 Å². The highest BCUT2D eigenvalue weighted by Gasteiger charge is 2.33. The maximum absolute atomic E-state index is 11.0. The van der Waals surface area contributed by atoms with E-state index in [1.807, 2.05) is 0 Å². The quantitative estimate of drug-likeness (QED) is 0.387. The molecule has 1 heterocycles. The van der Waals surface area contributed by atoms with Crippen LogP contribution in [0.15, 0.2) is 12.2 Å². The number of hydrogen-bond acceptors (Lipinski definition) is 5. The van der Waals surface area contributed by atoms with Gasteiger partial charge in [0, 0.05) is 5.57 Å². The molecule has 0 aromatic heterocycles. The van der Waals surface area contributed by atoms with E-state index in [-0.39, 0.29) is 13.0 Å². The molecule has 0 saturated carbocycles. The molecule has 1 fully saturated rings. The first kappa shape index (κ1) is 11.4. The molecule has 5 nitrogen and oxygen atoms in total. The Balaban J connectivity index is 2.26. The predicted octanol–water partition coefficient (Wildman–Crippen LogP) is 0.585. The summed E-state index contributed by atoms with van der Waals surface area (Å²) in [4.78, 5) is 32.7. The van der Waals surface area contributed by atoms with Gasteiger partial charge in [-0.15, -0.1) is 0 Å². The monoisotopic (exact) mass is 212 g/mol. The van der Waals surface area contributed by atoms with Gasteiger partial charge < -0.3 is 9.47 Å². The third-order valence-corrected chi connectivity index (χ3v) is 2.01. The van der Waals surface area contributed by atoms with Crippen LogP contribution in [0.4, 0.5) is 0 Å². The first-order valence-corrected chi connectivity index (χ1v) is 4.58. The molecule has 5 heteroatoms. The van der Waals surface area contributed by atoms with Gasteiger partial charge in [-0.05, 0) is 13.3 Å². The van der Waals surface area contributed by atoms with Crippen molar-refractivity contribution in [3.8, 4) is 0 Å². The minimum absolute atomic E-state index is 0.0729. The van der Waals surface area contributed by atoms with Crippen molar-refractivity contribution >= 4 is 17.9 Å². The van der Waals surface area contributed by atoms with E-state index in [2.05, 4.69) is 11.3 Å². The molecule has 1 saturated heterocycles. The van der Waals surface area contributed by atoms with Crippen LogP contribution in [0.1, 0.15) is 19.8 Å². The summed E-state index contributed by atoms with van der Waals surface area (Å²) in [6.45, 7) is 5.05. The van der Waals surface area contributed by atoms with Crippen LogP contribution in [0.3, 0.4) is 0 Å². The molecule has 15 heavy (non-hydrogen) atoms. The zero-order valence-corrected chi connectivity index (χ0v) is 8.45. The highest BCUT2D eigenvalue weighted by molar-refractivity contribution is 5.94. The Hall–Kier alpha value is -1.65. The Morgan fingerprint density at radius 2 is 2.27 bits per heavy atom. The van der Waals surface area contributed by atoms with Crippen LogP contribution >= 0.6 is 0 Å². The number of rotatable bonds is 4. The summed E-state index contributed by atoms with van der Waals surface area (Å²) in [5, 5.41) is 0. The van der Waals surface area contributed by atoms with Gasteiger partial charge in [0.15, 0.2) is 0 Å². The second kappa shape index (κ2) is 4.72. The number of hydrogen-bond donors (Lipinski definition) is 0. The average molecular weight is 212 g/mol. The third-order valence-electron chi connectivity index (χ3n) is 2.01. The van der Waals surface area contributed by atoms with E-state index >= 15 is 0 Å². The summed E-state index contributed by atoms with van der Waals surface area (Å²) in [6.07, 6.45) is 0.382. The number of cyclic esters (lactones) is 2. The number of ether oxygens (including phenoxy) is 2. The van der Waals surface area contributed by atoms with Crippen LogP contribution in [-0.4, -0.2) is 24.5 Å². The Labute approximate surface area is 87.0 Å². The number of carbonyl (C=O) groups is 3. The van der Waals surface area contributed by atoms with Crippen molar-refractivity contribution in [2.75, 3.05) is 6.61 Å². The van der Waals surface area contributed by atoms with Crippen molar-refractivity contribution in [2.45, 2.75) is 19.8 Å². The lowest BCUT2D eigenvalue weighted by atomic mass is 10.1. The molecule has 0 aromatic carbocycles. The van der Waals surface area contributed by atoms with Gasteiger partial charge in [0.1, 0.15) is 0 Å². The molecule has 0 aliphatic carbocycles. The summed E-state index contributed by atoms with van der Waals surface area (Å²) in [5.41, 5.74) is 0.306. The molecular formula is C10H12O5. The van der Waals surface area contributed by atoms with Crippen LogP contribution in [0.25, 0.3) is 0 Å². The first-order valence-electron chi connectivity index (χ1n) is 4.58. The smallest absolute Gasteiger partial charge is 0.333 e. The standard InChI is InChI=1S/C10H12O5/c1-6(2)9(12)14-4-3-7-5-8(11)15-10(7)13/h7H,1,3-5H2,2H3. The lowest BCUT2D eigenvalue weighted by molar-refractivity contribution is -0.153. The second-order valence-corrected chi connectivity index (χ2v) is 3.40. The topological polar surface area (TPSA) is 69.7 Å². The van der Waals surface area contributed by atoms with Gasteiger partial charge in [-0.1, -0.05) is 6.58 Å². The lowest BCUT2D eigenvalue weighted by Gasteiger charge is -2.05. The molecule has 0 bridgehead atoms. The lowest BCUT2D eigenvalue weighted by Crippen LogP contribution is -2.13. The molecule has 1 aliphatic heterocycles. The summed E-state index contributed by atoms with van der Waals surface area (Å²) in [7, 11) is 0. The minimum atomic E-state index is -0.536. The van der Waals surface area contributed by atoms with E-state index in [4.69, 9.17) is 4.74 Å². The summed E-state index contributed by atoms with van der Waals surface area (Å²) in [6, 6.07) is 0.